The summed E-state index contributed by atoms with van der Waals surface area (Å²) in [5.74, 6) is 1.20. The van der Waals surface area contributed by atoms with E-state index in [2.05, 4.69) is 27.1 Å². The van der Waals surface area contributed by atoms with Crippen molar-refractivity contribution in [2.45, 2.75) is 58.6 Å². The topological polar surface area (TPSA) is 67.4 Å². The molecule has 0 radical (unpaired) electrons. The molecule has 27 heavy (non-hydrogen) atoms. The Kier molecular flexibility index (Phi) is 6.27. The van der Waals surface area contributed by atoms with Gasteiger partial charge in [0.1, 0.15) is 17.3 Å². The van der Waals surface area contributed by atoms with Crippen LogP contribution in [-0.4, -0.2) is 34.6 Å². The molecule has 1 aromatic heterocycles. The average molecular weight is 368 g/mol. The molecule has 1 unspecified atom stereocenters. The van der Waals surface area contributed by atoms with Crippen molar-refractivity contribution >= 4 is 17.4 Å². The summed E-state index contributed by atoms with van der Waals surface area (Å²) in [6.07, 6.45) is 8.01. The van der Waals surface area contributed by atoms with Crippen LogP contribution < -0.4 is 15.0 Å². The first-order valence-electron chi connectivity index (χ1n) is 9.74. The number of amides is 1. The first kappa shape index (κ1) is 19.1. The van der Waals surface area contributed by atoms with E-state index < -0.39 is 0 Å². The Morgan fingerprint density at radius 1 is 1.26 bits per heavy atom. The van der Waals surface area contributed by atoms with E-state index in [9.17, 15) is 4.79 Å². The molecule has 0 spiro atoms. The molecule has 0 saturated carbocycles. The summed E-state index contributed by atoms with van der Waals surface area (Å²) in [7, 11) is 0. The second kappa shape index (κ2) is 8.84. The van der Waals surface area contributed by atoms with Gasteiger partial charge in [-0.3, -0.25) is 4.79 Å². The van der Waals surface area contributed by atoms with Crippen molar-refractivity contribution in [3.05, 3.63) is 42.4 Å². The lowest BCUT2D eigenvalue weighted by molar-refractivity contribution is 0.102. The van der Waals surface area contributed by atoms with Gasteiger partial charge in [0, 0.05) is 12.6 Å². The standard InChI is InChI=1S/C21H28N4O2/c1-4-16-9-7-8-12-25(16)20-14-22-18(13-23-20)21(26)24-17-10-5-6-11-19(17)27-15(2)3/h5-6,10-11,13-16H,4,7-9,12H2,1-3H3,(H,24,26). The lowest BCUT2D eigenvalue weighted by atomic mass is 10.0. The first-order chi connectivity index (χ1) is 13.1. The molecule has 1 aliphatic rings. The molecule has 6 heteroatoms. The van der Waals surface area contributed by atoms with E-state index >= 15 is 0 Å². The van der Waals surface area contributed by atoms with E-state index in [1.807, 2.05) is 38.1 Å². The van der Waals surface area contributed by atoms with Crippen LogP contribution in [0, 0.1) is 0 Å². The van der Waals surface area contributed by atoms with Crippen molar-refractivity contribution < 1.29 is 9.53 Å². The van der Waals surface area contributed by atoms with Gasteiger partial charge in [0.25, 0.3) is 5.91 Å². The molecular weight excluding hydrogens is 340 g/mol. The number of carbonyl (C=O) groups is 1. The number of carbonyl (C=O) groups excluding carboxylic acids is 1. The number of piperidine rings is 1. The van der Waals surface area contributed by atoms with Crippen molar-refractivity contribution in [3.63, 3.8) is 0 Å². The number of nitrogens with one attached hydrogen (secondary N) is 1. The molecule has 1 N–H and O–H groups in total. The van der Waals surface area contributed by atoms with E-state index in [4.69, 9.17) is 4.74 Å². The Balaban J connectivity index is 1.71. The fraction of sp³-hybridized carbons (Fsp3) is 0.476. The minimum absolute atomic E-state index is 0.0261. The maximum absolute atomic E-state index is 12.6. The summed E-state index contributed by atoms with van der Waals surface area (Å²) in [5.41, 5.74) is 0.923. The zero-order chi connectivity index (χ0) is 19.2. The van der Waals surface area contributed by atoms with Gasteiger partial charge in [-0.05, 0) is 51.7 Å². The number of para-hydroxylation sites is 2. The Morgan fingerprint density at radius 2 is 2.07 bits per heavy atom. The van der Waals surface area contributed by atoms with Gasteiger partial charge in [0.2, 0.25) is 0 Å². The number of anilines is 2. The third-order valence-electron chi connectivity index (χ3n) is 4.76. The molecule has 1 saturated heterocycles. The van der Waals surface area contributed by atoms with Crippen molar-refractivity contribution in [2.75, 3.05) is 16.8 Å². The van der Waals surface area contributed by atoms with Crippen LogP contribution in [0.1, 0.15) is 56.9 Å². The molecule has 2 aromatic rings. The van der Waals surface area contributed by atoms with Gasteiger partial charge in [-0.15, -0.1) is 0 Å². The van der Waals surface area contributed by atoms with Crippen LogP contribution in [0.5, 0.6) is 5.75 Å². The minimum atomic E-state index is -0.292. The zero-order valence-corrected chi connectivity index (χ0v) is 16.3. The SMILES string of the molecule is CCC1CCCCN1c1cnc(C(=O)Nc2ccccc2OC(C)C)cn1. The highest BCUT2D eigenvalue weighted by molar-refractivity contribution is 6.03. The number of rotatable bonds is 6. The van der Waals surface area contributed by atoms with E-state index in [0.717, 1.165) is 18.8 Å². The van der Waals surface area contributed by atoms with Gasteiger partial charge < -0.3 is 15.0 Å². The number of benzene rings is 1. The van der Waals surface area contributed by atoms with Crippen molar-refractivity contribution in [2.24, 2.45) is 0 Å². The van der Waals surface area contributed by atoms with Gasteiger partial charge in [-0.25, -0.2) is 9.97 Å². The predicted octanol–water partition coefficient (Wildman–Crippen LogP) is 4.29. The summed E-state index contributed by atoms with van der Waals surface area (Å²) < 4.78 is 5.75. The quantitative estimate of drug-likeness (QED) is 0.824. The van der Waals surface area contributed by atoms with Crippen molar-refractivity contribution in [3.8, 4) is 5.75 Å². The van der Waals surface area contributed by atoms with Crippen molar-refractivity contribution in [1.29, 1.82) is 0 Å². The Bertz CT molecular complexity index is 761. The zero-order valence-electron chi connectivity index (χ0n) is 16.3. The summed E-state index contributed by atoms with van der Waals surface area (Å²) >= 11 is 0. The van der Waals surface area contributed by atoms with Gasteiger partial charge in [-0.2, -0.15) is 0 Å². The fourth-order valence-electron chi connectivity index (χ4n) is 3.43. The Hall–Kier alpha value is -2.63. The van der Waals surface area contributed by atoms with E-state index in [0.29, 0.717) is 23.2 Å². The molecule has 0 aliphatic carbocycles. The fourth-order valence-corrected chi connectivity index (χ4v) is 3.43. The first-order valence-corrected chi connectivity index (χ1v) is 9.74. The predicted molar refractivity (Wildman–Crippen MR) is 107 cm³/mol. The van der Waals surface area contributed by atoms with Gasteiger partial charge in [0.15, 0.2) is 0 Å². The lowest BCUT2D eigenvalue weighted by Crippen LogP contribution is -2.39. The van der Waals surface area contributed by atoms with Crippen LogP contribution in [0.25, 0.3) is 0 Å². The smallest absolute Gasteiger partial charge is 0.275 e. The van der Waals surface area contributed by atoms with Crippen molar-refractivity contribution in [1.82, 2.24) is 9.97 Å². The molecular formula is C21H28N4O2. The maximum atomic E-state index is 12.6. The highest BCUT2D eigenvalue weighted by Crippen LogP contribution is 2.26. The summed E-state index contributed by atoms with van der Waals surface area (Å²) in [4.78, 5) is 23.7. The summed E-state index contributed by atoms with van der Waals surface area (Å²) in [6, 6.07) is 7.90. The molecule has 1 fully saturated rings. The molecule has 1 atom stereocenters. The normalized spacial score (nSPS) is 17.0. The Labute approximate surface area is 161 Å². The van der Waals surface area contributed by atoms with Crippen LogP contribution in [0.3, 0.4) is 0 Å². The second-order valence-corrected chi connectivity index (χ2v) is 7.13. The third kappa shape index (κ3) is 4.76. The highest BCUT2D eigenvalue weighted by atomic mass is 16.5. The molecule has 1 amide bonds. The Morgan fingerprint density at radius 3 is 2.78 bits per heavy atom. The number of ether oxygens (including phenoxy) is 1. The average Bonchev–Trinajstić information content (AvgIpc) is 2.69. The van der Waals surface area contributed by atoms with Gasteiger partial charge in [0.05, 0.1) is 24.2 Å². The number of hydrogen-bond acceptors (Lipinski definition) is 5. The van der Waals surface area contributed by atoms with E-state index in [1.165, 1.54) is 19.3 Å². The minimum Gasteiger partial charge on any atom is -0.489 e. The van der Waals surface area contributed by atoms with Crippen LogP contribution >= 0.6 is 0 Å². The number of nitrogens with zero attached hydrogens (tertiary/aromatic N) is 3. The number of aromatic nitrogens is 2. The molecule has 0 bridgehead atoms. The monoisotopic (exact) mass is 368 g/mol. The summed E-state index contributed by atoms with van der Waals surface area (Å²) in [5, 5.41) is 2.87. The lowest BCUT2D eigenvalue weighted by Gasteiger charge is -2.35. The van der Waals surface area contributed by atoms with Crippen LogP contribution in [-0.2, 0) is 0 Å². The highest BCUT2D eigenvalue weighted by Gasteiger charge is 2.22. The van der Waals surface area contributed by atoms with E-state index in [-0.39, 0.29) is 12.0 Å². The largest absolute Gasteiger partial charge is 0.489 e. The van der Waals surface area contributed by atoms with Crippen LogP contribution in [0.15, 0.2) is 36.7 Å². The molecule has 3 rings (SSSR count). The molecule has 1 aliphatic heterocycles. The van der Waals surface area contributed by atoms with E-state index in [1.54, 1.807) is 12.4 Å². The third-order valence-corrected chi connectivity index (χ3v) is 4.76. The molecule has 2 heterocycles. The van der Waals surface area contributed by atoms with Crippen LogP contribution in [0.2, 0.25) is 0 Å². The molecule has 1 aromatic carbocycles. The summed E-state index contributed by atoms with van der Waals surface area (Å²) in [6.45, 7) is 7.10. The number of hydrogen-bond donors (Lipinski definition) is 1. The second-order valence-electron chi connectivity index (χ2n) is 7.13. The maximum Gasteiger partial charge on any atom is 0.275 e. The van der Waals surface area contributed by atoms with Crippen LogP contribution in [0.4, 0.5) is 11.5 Å². The van der Waals surface area contributed by atoms with Gasteiger partial charge >= 0.3 is 0 Å². The van der Waals surface area contributed by atoms with Gasteiger partial charge in [-0.1, -0.05) is 19.1 Å². The molecule has 144 valence electrons. The molecule has 6 nitrogen and oxygen atoms in total.